The van der Waals surface area contributed by atoms with Crippen molar-refractivity contribution in [1.29, 1.82) is 0 Å². The van der Waals surface area contributed by atoms with Gasteiger partial charge in [0.2, 0.25) is 0 Å². The van der Waals surface area contributed by atoms with Gasteiger partial charge in [-0.25, -0.2) is 0 Å². The van der Waals surface area contributed by atoms with E-state index < -0.39 is 5.91 Å². The minimum atomic E-state index is -0.417. The highest BCUT2D eigenvalue weighted by molar-refractivity contribution is 6.12. The van der Waals surface area contributed by atoms with Crippen molar-refractivity contribution in [3.63, 3.8) is 0 Å². The molecule has 0 saturated carbocycles. The zero-order valence-electron chi connectivity index (χ0n) is 17.4. The molecule has 0 atom stereocenters. The van der Waals surface area contributed by atoms with Crippen LogP contribution in [0.4, 0.5) is 5.69 Å². The summed E-state index contributed by atoms with van der Waals surface area (Å²) in [6, 6.07) is 19.4. The van der Waals surface area contributed by atoms with Crippen LogP contribution < -0.4 is 20.2 Å². The van der Waals surface area contributed by atoms with Gasteiger partial charge in [0.05, 0.1) is 30.9 Å². The molecule has 0 aliphatic heterocycles. The molecule has 0 saturated heterocycles. The molecule has 6 nitrogen and oxygen atoms in total. The highest BCUT2D eigenvalue weighted by Gasteiger charge is 2.19. The van der Waals surface area contributed by atoms with Crippen molar-refractivity contribution in [2.75, 3.05) is 19.5 Å². The molecule has 0 radical (unpaired) electrons. The number of hydrogen-bond acceptors (Lipinski definition) is 5. The molecule has 1 N–H and O–H groups in total. The van der Waals surface area contributed by atoms with Gasteiger partial charge in [0, 0.05) is 17.2 Å². The molecule has 0 bridgehead atoms. The molecule has 1 amide bonds. The quantitative estimate of drug-likeness (QED) is 0.494. The first kappa shape index (κ1) is 20.2. The van der Waals surface area contributed by atoms with E-state index in [2.05, 4.69) is 5.32 Å². The molecule has 31 heavy (non-hydrogen) atoms. The molecule has 3 aromatic carbocycles. The topological polar surface area (TPSA) is 77.8 Å². The monoisotopic (exact) mass is 415 g/mol. The van der Waals surface area contributed by atoms with Crippen LogP contribution in [-0.4, -0.2) is 20.1 Å². The van der Waals surface area contributed by atoms with E-state index in [9.17, 15) is 9.59 Å². The van der Waals surface area contributed by atoms with Gasteiger partial charge in [0.15, 0.2) is 11.0 Å². The third-order valence-corrected chi connectivity index (χ3v) is 5.08. The van der Waals surface area contributed by atoms with Gasteiger partial charge in [-0.3, -0.25) is 9.59 Å². The fraction of sp³-hybridized carbons (Fsp3) is 0.120. The van der Waals surface area contributed by atoms with Crippen LogP contribution in [0.3, 0.4) is 0 Å². The molecule has 0 spiro atoms. The number of ether oxygens (including phenoxy) is 2. The van der Waals surface area contributed by atoms with Gasteiger partial charge in [-0.2, -0.15) is 0 Å². The van der Waals surface area contributed by atoms with E-state index in [0.29, 0.717) is 33.9 Å². The number of methoxy groups -OCH3 is 2. The fourth-order valence-electron chi connectivity index (χ4n) is 3.44. The van der Waals surface area contributed by atoms with Gasteiger partial charge in [-0.15, -0.1) is 0 Å². The first-order valence-electron chi connectivity index (χ1n) is 9.68. The summed E-state index contributed by atoms with van der Waals surface area (Å²) >= 11 is 0. The highest BCUT2D eigenvalue weighted by atomic mass is 16.5. The zero-order chi connectivity index (χ0) is 22.0. The Hall–Kier alpha value is -4.06. The predicted octanol–water partition coefficient (Wildman–Crippen LogP) is 5.04. The Morgan fingerprint density at radius 3 is 2.42 bits per heavy atom. The van der Waals surface area contributed by atoms with Crippen molar-refractivity contribution in [1.82, 2.24) is 0 Å². The molecule has 6 heteroatoms. The standard InChI is InChI=1S/C25H21NO5/c1-15-22(27)18-10-7-11-19(24(18)31-23(15)16-8-5-4-6-9-16)25(28)26-20-13-12-17(29-2)14-21(20)30-3/h4-14H,1-3H3,(H,26,28). The fourth-order valence-corrected chi connectivity index (χ4v) is 3.44. The lowest BCUT2D eigenvalue weighted by Gasteiger charge is -2.13. The number of nitrogens with one attached hydrogen (secondary N) is 1. The second-order valence-electron chi connectivity index (χ2n) is 6.95. The summed E-state index contributed by atoms with van der Waals surface area (Å²) in [6.45, 7) is 1.72. The molecular formula is C25H21NO5. The van der Waals surface area contributed by atoms with Crippen LogP contribution in [0.2, 0.25) is 0 Å². The van der Waals surface area contributed by atoms with E-state index >= 15 is 0 Å². The van der Waals surface area contributed by atoms with Gasteiger partial charge in [-0.1, -0.05) is 36.4 Å². The third-order valence-electron chi connectivity index (χ3n) is 5.08. The molecule has 4 rings (SSSR count). The summed E-state index contributed by atoms with van der Waals surface area (Å²) in [5, 5.41) is 3.19. The summed E-state index contributed by atoms with van der Waals surface area (Å²) < 4.78 is 16.7. The molecular weight excluding hydrogens is 394 g/mol. The Balaban J connectivity index is 1.82. The molecule has 1 aromatic heterocycles. The van der Waals surface area contributed by atoms with Gasteiger partial charge in [-0.05, 0) is 31.2 Å². The SMILES string of the molecule is COc1ccc(NC(=O)c2cccc3c(=O)c(C)c(-c4ccccc4)oc23)c(OC)c1. The van der Waals surface area contributed by atoms with E-state index in [0.717, 1.165) is 5.56 Å². The maximum Gasteiger partial charge on any atom is 0.259 e. The van der Waals surface area contributed by atoms with Gasteiger partial charge >= 0.3 is 0 Å². The number of benzene rings is 3. The Labute approximate surface area is 179 Å². The third kappa shape index (κ3) is 3.75. The van der Waals surface area contributed by atoms with Crippen molar-refractivity contribution < 1.29 is 18.7 Å². The zero-order valence-corrected chi connectivity index (χ0v) is 17.4. The Bertz CT molecular complexity index is 1330. The molecule has 156 valence electrons. The van der Waals surface area contributed by atoms with E-state index in [-0.39, 0.29) is 16.6 Å². The smallest absolute Gasteiger partial charge is 0.259 e. The lowest BCUT2D eigenvalue weighted by atomic mass is 10.0. The lowest BCUT2D eigenvalue weighted by molar-refractivity contribution is 0.102. The van der Waals surface area contributed by atoms with Crippen LogP contribution >= 0.6 is 0 Å². The number of fused-ring (bicyclic) bond motifs is 1. The first-order valence-corrected chi connectivity index (χ1v) is 9.68. The second kappa shape index (κ2) is 8.36. The van der Waals surface area contributed by atoms with Crippen LogP contribution in [0.1, 0.15) is 15.9 Å². The van der Waals surface area contributed by atoms with Crippen LogP contribution in [0.5, 0.6) is 11.5 Å². The van der Waals surface area contributed by atoms with Gasteiger partial charge in [0.25, 0.3) is 5.91 Å². The first-order chi connectivity index (χ1) is 15.0. The van der Waals surface area contributed by atoms with Crippen LogP contribution in [0, 0.1) is 6.92 Å². The number of carbonyl (C=O) groups is 1. The number of hydrogen-bond donors (Lipinski definition) is 1. The number of anilines is 1. The van der Waals surface area contributed by atoms with E-state index in [1.165, 1.54) is 7.11 Å². The number of amides is 1. The van der Waals surface area contributed by atoms with Crippen molar-refractivity contribution >= 4 is 22.6 Å². The average Bonchev–Trinajstić information content (AvgIpc) is 2.81. The molecule has 0 fully saturated rings. The predicted molar refractivity (Wildman–Crippen MR) is 120 cm³/mol. The maximum absolute atomic E-state index is 13.1. The van der Waals surface area contributed by atoms with E-state index in [1.54, 1.807) is 50.4 Å². The number of para-hydroxylation sites is 1. The van der Waals surface area contributed by atoms with Crippen LogP contribution in [-0.2, 0) is 0 Å². The summed E-state index contributed by atoms with van der Waals surface area (Å²) in [5.41, 5.74) is 2.06. The molecule has 0 aliphatic carbocycles. The minimum Gasteiger partial charge on any atom is -0.497 e. The van der Waals surface area contributed by atoms with Crippen molar-refractivity contribution in [2.24, 2.45) is 0 Å². The Kier molecular flexibility index (Phi) is 5.45. The Morgan fingerprint density at radius 1 is 0.935 bits per heavy atom. The van der Waals surface area contributed by atoms with Gasteiger partial charge < -0.3 is 19.2 Å². The molecule has 0 unspecified atom stereocenters. The molecule has 0 aliphatic rings. The number of rotatable bonds is 5. The normalized spacial score (nSPS) is 10.7. The van der Waals surface area contributed by atoms with Crippen LogP contribution in [0.15, 0.2) is 75.9 Å². The highest BCUT2D eigenvalue weighted by Crippen LogP contribution is 2.31. The van der Waals surface area contributed by atoms with Gasteiger partial charge in [0.1, 0.15) is 17.3 Å². The van der Waals surface area contributed by atoms with E-state index in [1.807, 2.05) is 30.3 Å². The average molecular weight is 415 g/mol. The van der Waals surface area contributed by atoms with Crippen molar-refractivity contribution in [3.05, 3.63) is 88.1 Å². The summed E-state index contributed by atoms with van der Waals surface area (Å²) in [6.07, 6.45) is 0. The number of carbonyl (C=O) groups excluding carboxylic acids is 1. The van der Waals surface area contributed by atoms with Crippen LogP contribution in [0.25, 0.3) is 22.3 Å². The summed E-state index contributed by atoms with van der Waals surface area (Å²) in [7, 11) is 3.06. The van der Waals surface area contributed by atoms with Crippen molar-refractivity contribution in [2.45, 2.75) is 6.92 Å². The Morgan fingerprint density at radius 2 is 1.71 bits per heavy atom. The second-order valence-corrected chi connectivity index (χ2v) is 6.95. The maximum atomic E-state index is 13.1. The minimum absolute atomic E-state index is 0.170. The largest absolute Gasteiger partial charge is 0.497 e. The molecule has 4 aromatic rings. The summed E-state index contributed by atoms with van der Waals surface area (Å²) in [4.78, 5) is 26.1. The van der Waals surface area contributed by atoms with Crippen molar-refractivity contribution in [3.8, 4) is 22.8 Å². The summed E-state index contributed by atoms with van der Waals surface area (Å²) in [5.74, 6) is 1.09. The lowest BCUT2D eigenvalue weighted by Crippen LogP contribution is -2.15. The van der Waals surface area contributed by atoms with E-state index in [4.69, 9.17) is 13.9 Å². The molecule has 1 heterocycles.